The number of hydrogen-bond donors (Lipinski definition) is 3. The second kappa shape index (κ2) is 11.9. The molecule has 1 fully saturated rings. The maximum absolute atomic E-state index is 13.2. The minimum Gasteiger partial charge on any atom is -0.299 e. The van der Waals surface area contributed by atoms with Gasteiger partial charge in [-0.2, -0.15) is 17.0 Å². The van der Waals surface area contributed by atoms with Crippen LogP contribution in [0.4, 0.5) is 5.13 Å². The first-order chi connectivity index (χ1) is 14.3. The fourth-order valence-electron chi connectivity index (χ4n) is 3.07. The normalized spacial score (nSPS) is 17.4. The molecule has 2 rings (SSSR count). The Balaban J connectivity index is 2.13. The molecule has 1 aromatic heterocycles. The van der Waals surface area contributed by atoms with Crippen molar-refractivity contribution < 1.29 is 23.2 Å². The molecule has 1 saturated heterocycles. The van der Waals surface area contributed by atoms with Crippen LogP contribution < -0.4 is 10.8 Å². The minimum atomic E-state index is -4.08. The monoisotopic (exact) mass is 480 g/mol. The standard InChI is InChI=1S/C16H28N6O5S3/c1-3-5-6-9-21(11-13(23)20-25)30(26,27)22-10-7-8-12(22)14(24)17-15-18-19-16(29-15)28-4-2/h12,25H,3-11H2,1-2H3,(H,20,23)(H,17,18,24). The van der Waals surface area contributed by atoms with Gasteiger partial charge in [-0.05, 0) is 25.0 Å². The second-order valence-electron chi connectivity index (χ2n) is 6.65. The van der Waals surface area contributed by atoms with Crippen molar-refractivity contribution in [2.24, 2.45) is 0 Å². The molecule has 1 aromatic rings. The molecule has 0 aromatic carbocycles. The average molecular weight is 481 g/mol. The van der Waals surface area contributed by atoms with Gasteiger partial charge in [-0.1, -0.05) is 49.8 Å². The van der Waals surface area contributed by atoms with Gasteiger partial charge < -0.3 is 0 Å². The summed E-state index contributed by atoms with van der Waals surface area (Å²) in [6.07, 6.45) is 3.15. The van der Waals surface area contributed by atoms with Crippen molar-refractivity contribution in [2.75, 3.05) is 30.7 Å². The van der Waals surface area contributed by atoms with Gasteiger partial charge in [-0.15, -0.1) is 10.2 Å². The fourth-order valence-corrected chi connectivity index (χ4v) is 6.54. The Morgan fingerprint density at radius 1 is 1.33 bits per heavy atom. The van der Waals surface area contributed by atoms with E-state index in [9.17, 15) is 18.0 Å². The summed E-state index contributed by atoms with van der Waals surface area (Å²) in [6, 6.07) is -0.896. The first-order valence-electron chi connectivity index (χ1n) is 9.80. The van der Waals surface area contributed by atoms with E-state index in [1.165, 1.54) is 28.6 Å². The minimum absolute atomic E-state index is 0.127. The number of hydroxylamine groups is 1. The largest absolute Gasteiger partial charge is 0.299 e. The second-order valence-corrected chi connectivity index (χ2v) is 11.0. The molecule has 14 heteroatoms. The van der Waals surface area contributed by atoms with Gasteiger partial charge >= 0.3 is 0 Å². The third kappa shape index (κ3) is 6.59. The first-order valence-corrected chi connectivity index (χ1v) is 13.0. The quantitative estimate of drug-likeness (QED) is 0.133. The fraction of sp³-hybridized carbons (Fsp3) is 0.750. The molecule has 30 heavy (non-hydrogen) atoms. The van der Waals surface area contributed by atoms with Crippen molar-refractivity contribution in [3.8, 4) is 0 Å². The van der Waals surface area contributed by atoms with Crippen molar-refractivity contribution >= 4 is 50.3 Å². The summed E-state index contributed by atoms with van der Waals surface area (Å²) >= 11 is 2.74. The molecule has 0 aliphatic carbocycles. The van der Waals surface area contributed by atoms with Crippen LogP contribution >= 0.6 is 23.1 Å². The predicted molar refractivity (Wildman–Crippen MR) is 115 cm³/mol. The van der Waals surface area contributed by atoms with E-state index in [2.05, 4.69) is 15.5 Å². The number of amides is 2. The summed E-state index contributed by atoms with van der Waals surface area (Å²) in [5.41, 5.74) is 1.47. The van der Waals surface area contributed by atoms with Gasteiger partial charge in [-0.25, -0.2) is 5.48 Å². The third-order valence-electron chi connectivity index (χ3n) is 4.49. The Labute approximate surface area is 184 Å². The van der Waals surface area contributed by atoms with E-state index in [1.54, 1.807) is 0 Å². The average Bonchev–Trinajstić information content (AvgIpc) is 3.37. The van der Waals surface area contributed by atoms with E-state index < -0.39 is 34.6 Å². The lowest BCUT2D eigenvalue weighted by Crippen LogP contribution is -2.52. The SMILES string of the molecule is CCCCCN(CC(=O)NO)S(=O)(=O)N1CCCC1C(=O)Nc1nnc(SCC)s1. The van der Waals surface area contributed by atoms with Gasteiger partial charge in [0.05, 0.1) is 6.54 Å². The van der Waals surface area contributed by atoms with E-state index in [4.69, 9.17) is 5.21 Å². The van der Waals surface area contributed by atoms with Crippen LogP contribution in [0, 0.1) is 0 Å². The lowest BCUT2D eigenvalue weighted by atomic mass is 10.2. The van der Waals surface area contributed by atoms with Gasteiger partial charge in [-0.3, -0.25) is 20.1 Å². The lowest BCUT2D eigenvalue weighted by molar-refractivity contribution is -0.129. The van der Waals surface area contributed by atoms with Crippen LogP contribution in [0.1, 0.15) is 46.0 Å². The van der Waals surface area contributed by atoms with Gasteiger partial charge in [0.2, 0.25) is 11.0 Å². The Kier molecular flexibility index (Phi) is 9.90. The maximum Gasteiger partial charge on any atom is 0.283 e. The molecule has 170 valence electrons. The zero-order chi connectivity index (χ0) is 22.1. The highest BCUT2D eigenvalue weighted by molar-refractivity contribution is 8.01. The Morgan fingerprint density at radius 3 is 2.77 bits per heavy atom. The smallest absolute Gasteiger partial charge is 0.283 e. The van der Waals surface area contributed by atoms with E-state index in [1.807, 2.05) is 13.8 Å². The topological polar surface area (TPSA) is 145 Å². The van der Waals surface area contributed by atoms with Crippen LogP contribution in [0.3, 0.4) is 0 Å². The highest BCUT2D eigenvalue weighted by Gasteiger charge is 2.42. The number of nitrogens with one attached hydrogen (secondary N) is 2. The summed E-state index contributed by atoms with van der Waals surface area (Å²) < 4.78 is 29.3. The summed E-state index contributed by atoms with van der Waals surface area (Å²) in [5.74, 6) is -0.475. The van der Waals surface area contributed by atoms with Crippen LogP contribution in [0.5, 0.6) is 0 Å². The number of unbranched alkanes of at least 4 members (excludes halogenated alkanes) is 2. The molecule has 1 atom stereocenters. The molecule has 0 radical (unpaired) electrons. The van der Waals surface area contributed by atoms with Crippen molar-refractivity contribution in [3.05, 3.63) is 0 Å². The number of rotatable bonds is 12. The van der Waals surface area contributed by atoms with Crippen molar-refractivity contribution in [1.82, 2.24) is 24.3 Å². The predicted octanol–water partition coefficient (Wildman–Crippen LogP) is 1.30. The molecule has 11 nitrogen and oxygen atoms in total. The number of nitrogens with zero attached hydrogens (tertiary/aromatic N) is 4. The molecule has 0 bridgehead atoms. The third-order valence-corrected chi connectivity index (χ3v) is 8.34. The van der Waals surface area contributed by atoms with Crippen LogP contribution in [0.25, 0.3) is 0 Å². The van der Waals surface area contributed by atoms with Gasteiger partial charge in [0.25, 0.3) is 16.1 Å². The molecule has 1 aliphatic rings. The summed E-state index contributed by atoms with van der Waals surface area (Å²) in [5, 5.41) is 19.7. The number of aromatic nitrogens is 2. The Bertz CT molecular complexity index is 818. The van der Waals surface area contributed by atoms with Gasteiger partial charge in [0, 0.05) is 13.1 Å². The lowest BCUT2D eigenvalue weighted by Gasteiger charge is -2.29. The summed E-state index contributed by atoms with van der Waals surface area (Å²) in [4.78, 5) is 24.4. The number of carbonyl (C=O) groups excluding carboxylic acids is 2. The van der Waals surface area contributed by atoms with E-state index >= 15 is 0 Å². The Hall–Kier alpha value is -1.32. The molecular formula is C16H28N6O5S3. The molecule has 3 N–H and O–H groups in total. The van der Waals surface area contributed by atoms with Crippen LogP contribution in [0.2, 0.25) is 0 Å². The molecule has 2 amide bonds. The number of hydrogen-bond acceptors (Lipinski definition) is 9. The van der Waals surface area contributed by atoms with Crippen molar-refractivity contribution in [2.45, 2.75) is 56.3 Å². The number of carbonyl (C=O) groups is 2. The zero-order valence-electron chi connectivity index (χ0n) is 17.0. The van der Waals surface area contributed by atoms with Crippen LogP contribution in [0.15, 0.2) is 4.34 Å². The molecule has 2 heterocycles. The Morgan fingerprint density at radius 2 is 2.10 bits per heavy atom. The van der Waals surface area contributed by atoms with Crippen LogP contribution in [-0.4, -0.2) is 75.7 Å². The van der Waals surface area contributed by atoms with E-state index in [-0.39, 0.29) is 13.1 Å². The molecule has 1 aliphatic heterocycles. The first kappa shape index (κ1) is 24.9. The number of thioether (sulfide) groups is 1. The zero-order valence-corrected chi connectivity index (χ0v) is 19.5. The molecular weight excluding hydrogens is 452 g/mol. The number of anilines is 1. The highest BCUT2D eigenvalue weighted by atomic mass is 32.2. The highest BCUT2D eigenvalue weighted by Crippen LogP contribution is 2.28. The van der Waals surface area contributed by atoms with E-state index in [0.717, 1.165) is 31.5 Å². The maximum atomic E-state index is 13.2. The summed E-state index contributed by atoms with van der Waals surface area (Å²) in [6.45, 7) is 3.76. The molecule has 0 saturated carbocycles. The van der Waals surface area contributed by atoms with Crippen molar-refractivity contribution in [3.63, 3.8) is 0 Å². The van der Waals surface area contributed by atoms with E-state index in [0.29, 0.717) is 24.4 Å². The molecule has 1 unspecified atom stereocenters. The summed E-state index contributed by atoms with van der Waals surface area (Å²) in [7, 11) is -4.08. The van der Waals surface area contributed by atoms with Gasteiger partial charge in [0.1, 0.15) is 6.04 Å². The van der Waals surface area contributed by atoms with Crippen molar-refractivity contribution in [1.29, 1.82) is 0 Å². The molecule has 0 spiro atoms. The van der Waals surface area contributed by atoms with Crippen LogP contribution in [-0.2, 0) is 19.8 Å². The van der Waals surface area contributed by atoms with Gasteiger partial charge in [0.15, 0.2) is 4.34 Å².